The van der Waals surface area contributed by atoms with E-state index in [2.05, 4.69) is 29.1 Å². The molecule has 0 unspecified atom stereocenters. The van der Waals surface area contributed by atoms with E-state index in [4.69, 9.17) is 11.6 Å². The molecule has 0 aromatic carbocycles. The van der Waals surface area contributed by atoms with E-state index < -0.39 is 0 Å². The van der Waals surface area contributed by atoms with Crippen molar-refractivity contribution in [2.75, 3.05) is 6.54 Å². The van der Waals surface area contributed by atoms with Crippen LogP contribution in [0, 0.1) is 5.92 Å². The van der Waals surface area contributed by atoms with Crippen molar-refractivity contribution in [1.29, 1.82) is 0 Å². The van der Waals surface area contributed by atoms with Crippen LogP contribution in [-0.2, 0) is 0 Å². The number of aromatic nitrogens is 2. The average Bonchev–Trinajstić information content (AvgIpc) is 2.37. The summed E-state index contributed by atoms with van der Waals surface area (Å²) in [6.45, 7) is 5.16. The first-order valence-electron chi connectivity index (χ1n) is 6.85. The molecule has 0 radical (unpaired) electrons. The molecular weight excluding hydrogens is 262 g/mol. The fourth-order valence-corrected chi connectivity index (χ4v) is 1.92. The third-order valence-electron chi connectivity index (χ3n) is 2.83. The van der Waals surface area contributed by atoms with Gasteiger partial charge in [0.25, 0.3) is 5.91 Å². The molecular formula is C14H22ClN3O. The largest absolute Gasteiger partial charge is 0.351 e. The maximum atomic E-state index is 11.7. The van der Waals surface area contributed by atoms with Crippen molar-refractivity contribution in [3.63, 3.8) is 0 Å². The number of hydrogen-bond acceptors (Lipinski definition) is 3. The summed E-state index contributed by atoms with van der Waals surface area (Å²) in [5.41, 5.74) is 0.271. The van der Waals surface area contributed by atoms with Crippen LogP contribution in [0.25, 0.3) is 0 Å². The number of carbonyl (C=O) groups excluding carboxylic acids is 1. The van der Waals surface area contributed by atoms with Gasteiger partial charge in [-0.3, -0.25) is 9.78 Å². The summed E-state index contributed by atoms with van der Waals surface area (Å²) in [6, 6.07) is 0. The van der Waals surface area contributed by atoms with Crippen molar-refractivity contribution < 1.29 is 4.79 Å². The summed E-state index contributed by atoms with van der Waals surface area (Å²) in [7, 11) is 0. The van der Waals surface area contributed by atoms with Gasteiger partial charge in [0.1, 0.15) is 10.8 Å². The number of hydrogen-bond donors (Lipinski definition) is 1. The number of rotatable bonds is 8. The Balaban J connectivity index is 2.11. The van der Waals surface area contributed by atoms with E-state index in [-0.39, 0.29) is 16.8 Å². The van der Waals surface area contributed by atoms with Crippen molar-refractivity contribution in [1.82, 2.24) is 15.3 Å². The fourth-order valence-electron chi connectivity index (χ4n) is 1.78. The lowest BCUT2D eigenvalue weighted by molar-refractivity contribution is 0.0947. The highest BCUT2D eigenvalue weighted by atomic mass is 35.5. The first kappa shape index (κ1) is 15.9. The Morgan fingerprint density at radius 3 is 2.68 bits per heavy atom. The molecule has 1 N–H and O–H groups in total. The van der Waals surface area contributed by atoms with Crippen molar-refractivity contribution in [3.05, 3.63) is 23.2 Å². The van der Waals surface area contributed by atoms with Crippen LogP contribution in [0.5, 0.6) is 0 Å². The first-order chi connectivity index (χ1) is 9.09. The van der Waals surface area contributed by atoms with Gasteiger partial charge in [-0.25, -0.2) is 4.98 Å². The van der Waals surface area contributed by atoms with Crippen molar-refractivity contribution in [2.45, 2.75) is 46.0 Å². The van der Waals surface area contributed by atoms with E-state index in [9.17, 15) is 4.79 Å². The minimum absolute atomic E-state index is 0.211. The highest BCUT2D eigenvalue weighted by Gasteiger charge is 2.07. The highest BCUT2D eigenvalue weighted by molar-refractivity contribution is 6.29. The highest BCUT2D eigenvalue weighted by Crippen LogP contribution is 2.09. The second-order valence-corrected chi connectivity index (χ2v) is 5.47. The van der Waals surface area contributed by atoms with E-state index >= 15 is 0 Å². The molecule has 0 bridgehead atoms. The molecule has 1 aromatic rings. The second kappa shape index (κ2) is 8.86. The molecule has 0 fully saturated rings. The van der Waals surface area contributed by atoms with Crippen LogP contribution in [0.2, 0.25) is 5.15 Å². The molecule has 1 aromatic heterocycles. The molecule has 0 aliphatic rings. The van der Waals surface area contributed by atoms with Crippen molar-refractivity contribution >= 4 is 17.5 Å². The monoisotopic (exact) mass is 283 g/mol. The molecule has 0 aliphatic carbocycles. The molecule has 19 heavy (non-hydrogen) atoms. The Bertz CT molecular complexity index is 396. The molecule has 1 heterocycles. The van der Waals surface area contributed by atoms with Gasteiger partial charge >= 0.3 is 0 Å². The van der Waals surface area contributed by atoms with Crippen molar-refractivity contribution in [2.24, 2.45) is 5.92 Å². The third-order valence-corrected chi connectivity index (χ3v) is 3.01. The van der Waals surface area contributed by atoms with E-state index in [1.807, 2.05) is 0 Å². The third kappa shape index (κ3) is 7.11. The summed E-state index contributed by atoms with van der Waals surface area (Å²) in [6.07, 6.45) is 8.75. The topological polar surface area (TPSA) is 54.9 Å². The molecule has 0 atom stereocenters. The quantitative estimate of drug-likeness (QED) is 0.743. The maximum absolute atomic E-state index is 11.7. The second-order valence-electron chi connectivity index (χ2n) is 5.08. The Morgan fingerprint density at radius 2 is 2.00 bits per heavy atom. The predicted molar refractivity (Wildman–Crippen MR) is 77.3 cm³/mol. The molecule has 4 nitrogen and oxygen atoms in total. The lowest BCUT2D eigenvalue weighted by Crippen LogP contribution is -2.25. The normalized spacial score (nSPS) is 10.7. The number of amides is 1. The van der Waals surface area contributed by atoms with Crippen LogP contribution in [0.15, 0.2) is 12.4 Å². The van der Waals surface area contributed by atoms with E-state index in [1.54, 1.807) is 0 Å². The van der Waals surface area contributed by atoms with Gasteiger partial charge in [-0.2, -0.15) is 0 Å². The standard InChI is InChI=1S/C14H22ClN3O/c1-11(2)7-5-3-4-6-8-17-14(19)12-9-16-10-13(15)18-12/h9-11H,3-8H2,1-2H3,(H,17,19). The summed E-state index contributed by atoms with van der Waals surface area (Å²) < 4.78 is 0. The minimum atomic E-state index is -0.211. The Kier molecular flexibility index (Phi) is 7.41. The SMILES string of the molecule is CC(C)CCCCCCNC(=O)c1cncc(Cl)n1. The number of nitrogens with one attached hydrogen (secondary N) is 1. The molecule has 1 rings (SSSR count). The van der Waals surface area contributed by atoms with Gasteiger partial charge in [-0.05, 0) is 12.3 Å². The number of halogens is 1. The first-order valence-corrected chi connectivity index (χ1v) is 7.23. The van der Waals surface area contributed by atoms with E-state index in [1.165, 1.54) is 31.7 Å². The molecule has 1 amide bonds. The summed E-state index contributed by atoms with van der Waals surface area (Å²) in [5, 5.41) is 3.06. The smallest absolute Gasteiger partial charge is 0.271 e. The Hall–Kier alpha value is -1.16. The van der Waals surface area contributed by atoms with Gasteiger partial charge in [0.15, 0.2) is 0 Å². The Labute approximate surface area is 120 Å². The maximum Gasteiger partial charge on any atom is 0.271 e. The number of unbranched alkanes of at least 4 members (excludes halogenated alkanes) is 3. The van der Waals surface area contributed by atoms with Crippen LogP contribution in [0.4, 0.5) is 0 Å². The van der Waals surface area contributed by atoms with Gasteiger partial charge in [0, 0.05) is 6.54 Å². The van der Waals surface area contributed by atoms with Gasteiger partial charge in [0.05, 0.1) is 12.4 Å². The molecule has 5 heteroatoms. The van der Waals surface area contributed by atoms with Gasteiger partial charge in [-0.1, -0.05) is 51.1 Å². The zero-order chi connectivity index (χ0) is 14.1. The summed E-state index contributed by atoms with van der Waals surface area (Å²) in [5.74, 6) is 0.568. The van der Waals surface area contributed by atoms with Crippen molar-refractivity contribution in [3.8, 4) is 0 Å². The molecule has 0 saturated carbocycles. The molecule has 0 spiro atoms. The van der Waals surface area contributed by atoms with Crippen LogP contribution in [0.3, 0.4) is 0 Å². The zero-order valence-corrected chi connectivity index (χ0v) is 12.4. The van der Waals surface area contributed by atoms with Crippen LogP contribution >= 0.6 is 11.6 Å². The molecule has 106 valence electrons. The lowest BCUT2D eigenvalue weighted by Gasteiger charge is -2.06. The van der Waals surface area contributed by atoms with E-state index in [0.717, 1.165) is 18.8 Å². The number of carbonyl (C=O) groups is 1. The number of nitrogens with zero attached hydrogens (tertiary/aromatic N) is 2. The Morgan fingerprint density at radius 1 is 1.26 bits per heavy atom. The zero-order valence-electron chi connectivity index (χ0n) is 11.7. The summed E-state index contributed by atoms with van der Waals surface area (Å²) >= 11 is 5.68. The van der Waals surface area contributed by atoms with Gasteiger partial charge < -0.3 is 5.32 Å². The molecule has 0 aliphatic heterocycles. The molecule has 0 saturated heterocycles. The van der Waals surface area contributed by atoms with E-state index in [0.29, 0.717) is 6.54 Å². The van der Waals surface area contributed by atoms with Gasteiger partial charge in [0.2, 0.25) is 0 Å². The van der Waals surface area contributed by atoms with Gasteiger partial charge in [-0.15, -0.1) is 0 Å². The predicted octanol–water partition coefficient (Wildman–Crippen LogP) is 3.47. The van der Waals surface area contributed by atoms with Crippen LogP contribution < -0.4 is 5.32 Å². The average molecular weight is 284 g/mol. The minimum Gasteiger partial charge on any atom is -0.351 e. The van der Waals surface area contributed by atoms with Crippen LogP contribution in [0.1, 0.15) is 56.4 Å². The van der Waals surface area contributed by atoms with Crippen LogP contribution in [-0.4, -0.2) is 22.4 Å². The fraction of sp³-hybridized carbons (Fsp3) is 0.643. The summed E-state index contributed by atoms with van der Waals surface area (Å²) in [4.78, 5) is 19.4. The lowest BCUT2D eigenvalue weighted by atomic mass is 10.0.